The second kappa shape index (κ2) is 6.31. The van der Waals surface area contributed by atoms with Gasteiger partial charge in [0, 0.05) is 22.8 Å². The summed E-state index contributed by atoms with van der Waals surface area (Å²) < 4.78 is 0. The molecule has 1 unspecified atom stereocenters. The van der Waals surface area contributed by atoms with E-state index in [4.69, 9.17) is 0 Å². The third-order valence-corrected chi connectivity index (χ3v) is 4.56. The first-order valence-corrected chi connectivity index (χ1v) is 7.46. The van der Waals surface area contributed by atoms with Crippen LogP contribution in [0.2, 0.25) is 0 Å². The molecular weight excluding hydrogens is 248 g/mol. The summed E-state index contributed by atoms with van der Waals surface area (Å²) in [5.74, 6) is 0. The molecule has 4 heteroatoms. The number of hydrogen-bond acceptors (Lipinski definition) is 4. The van der Waals surface area contributed by atoms with Gasteiger partial charge in [0.25, 0.3) is 0 Å². The van der Waals surface area contributed by atoms with E-state index < -0.39 is 0 Å². The maximum atomic E-state index is 3.53. The number of hydrogen-bond donors (Lipinski definition) is 1. The van der Waals surface area contributed by atoms with Gasteiger partial charge < -0.3 is 10.2 Å². The van der Waals surface area contributed by atoms with Crippen molar-refractivity contribution in [3.8, 4) is 0 Å². The van der Waals surface area contributed by atoms with Gasteiger partial charge in [0.15, 0.2) is 0 Å². The molecule has 0 saturated heterocycles. The van der Waals surface area contributed by atoms with E-state index in [1.54, 1.807) is 11.3 Å². The Balaban J connectivity index is 1.86. The van der Waals surface area contributed by atoms with Crippen LogP contribution in [0.15, 0.2) is 35.0 Å². The van der Waals surface area contributed by atoms with E-state index >= 15 is 0 Å². The highest BCUT2D eigenvalue weighted by molar-refractivity contribution is 7.10. The highest BCUT2D eigenvalue weighted by Crippen LogP contribution is 2.22. The Kier molecular flexibility index (Phi) is 4.74. The van der Waals surface area contributed by atoms with E-state index in [0.717, 1.165) is 13.1 Å². The van der Waals surface area contributed by atoms with E-state index in [-0.39, 0.29) is 0 Å². The fourth-order valence-electron chi connectivity index (χ4n) is 1.76. The Morgan fingerprint density at radius 2 is 1.94 bits per heavy atom. The normalized spacial score (nSPS) is 13.1. The minimum absolute atomic E-state index is 0.468. The monoisotopic (exact) mass is 266 g/mol. The lowest BCUT2D eigenvalue weighted by molar-refractivity contribution is 0.292. The van der Waals surface area contributed by atoms with Gasteiger partial charge in [-0.1, -0.05) is 12.1 Å². The minimum Gasteiger partial charge on any atom is -0.310 e. The largest absolute Gasteiger partial charge is 0.310 e. The molecule has 2 aromatic rings. The molecule has 0 aliphatic rings. The van der Waals surface area contributed by atoms with E-state index in [9.17, 15) is 0 Å². The third-order valence-electron chi connectivity index (χ3n) is 2.71. The highest BCUT2D eigenvalue weighted by Gasteiger charge is 2.14. The lowest BCUT2D eigenvalue weighted by Gasteiger charge is -2.23. The Bertz CT molecular complexity index is 407. The molecule has 92 valence electrons. The average Bonchev–Trinajstić information content (AvgIpc) is 2.96. The predicted octanol–water partition coefficient (Wildman–Crippen LogP) is 3.20. The zero-order chi connectivity index (χ0) is 12.1. The van der Waals surface area contributed by atoms with Gasteiger partial charge >= 0.3 is 0 Å². The number of nitrogens with zero attached hydrogens (tertiary/aromatic N) is 1. The molecule has 0 fully saturated rings. The fraction of sp³-hybridized carbons (Fsp3) is 0.385. The van der Waals surface area contributed by atoms with Crippen molar-refractivity contribution in [2.45, 2.75) is 12.6 Å². The molecule has 0 radical (unpaired) electrons. The molecule has 0 spiro atoms. The van der Waals surface area contributed by atoms with Crippen LogP contribution in [-0.4, -0.2) is 25.5 Å². The van der Waals surface area contributed by atoms with Crippen molar-refractivity contribution < 1.29 is 0 Å². The van der Waals surface area contributed by atoms with Crippen LogP contribution in [0.3, 0.4) is 0 Å². The Morgan fingerprint density at radius 1 is 1.18 bits per heavy atom. The first kappa shape index (κ1) is 12.8. The molecule has 2 aromatic heterocycles. The van der Waals surface area contributed by atoms with Gasteiger partial charge in [0.05, 0.1) is 6.04 Å². The van der Waals surface area contributed by atoms with E-state index in [1.807, 2.05) is 11.3 Å². The molecule has 1 N–H and O–H groups in total. The Labute approximate surface area is 111 Å². The Hall–Kier alpha value is -0.680. The number of likely N-dealkylation sites (N-methyl/N-ethyl adjacent to an activating group) is 1. The van der Waals surface area contributed by atoms with Crippen LogP contribution in [0.4, 0.5) is 0 Å². The first-order chi connectivity index (χ1) is 8.27. The standard InChI is InChI=1S/C13H18N2S2/c1-15(2)12(13-6-4-8-17-13)10-14-9-11-5-3-7-16-11/h3-8,12,14H,9-10H2,1-2H3. The molecule has 2 nitrogen and oxygen atoms in total. The van der Waals surface area contributed by atoms with Gasteiger partial charge in [-0.3, -0.25) is 0 Å². The van der Waals surface area contributed by atoms with E-state index in [0.29, 0.717) is 6.04 Å². The summed E-state index contributed by atoms with van der Waals surface area (Å²) in [6.45, 7) is 1.96. The molecule has 0 aromatic carbocycles. The summed E-state index contributed by atoms with van der Waals surface area (Å²) in [7, 11) is 4.27. The maximum absolute atomic E-state index is 3.53. The van der Waals surface area contributed by atoms with Gasteiger partial charge in [-0.05, 0) is 37.0 Å². The van der Waals surface area contributed by atoms with Crippen molar-refractivity contribution in [2.24, 2.45) is 0 Å². The first-order valence-electron chi connectivity index (χ1n) is 5.70. The SMILES string of the molecule is CN(C)C(CNCc1cccs1)c1cccs1. The van der Waals surface area contributed by atoms with Crippen LogP contribution >= 0.6 is 22.7 Å². The van der Waals surface area contributed by atoms with Gasteiger partial charge in [0.2, 0.25) is 0 Å². The van der Waals surface area contributed by atoms with Gasteiger partial charge in [-0.2, -0.15) is 0 Å². The maximum Gasteiger partial charge on any atom is 0.0561 e. The molecule has 0 aliphatic carbocycles. The molecule has 17 heavy (non-hydrogen) atoms. The van der Waals surface area contributed by atoms with Crippen LogP contribution in [0.1, 0.15) is 15.8 Å². The van der Waals surface area contributed by atoms with Gasteiger partial charge in [-0.25, -0.2) is 0 Å². The fourth-order valence-corrected chi connectivity index (χ4v) is 3.36. The zero-order valence-corrected chi connectivity index (χ0v) is 11.9. The minimum atomic E-state index is 0.468. The summed E-state index contributed by atoms with van der Waals surface area (Å²) in [5.41, 5.74) is 0. The van der Waals surface area contributed by atoms with Crippen molar-refractivity contribution in [1.82, 2.24) is 10.2 Å². The van der Waals surface area contributed by atoms with Crippen LogP contribution in [-0.2, 0) is 6.54 Å². The second-order valence-electron chi connectivity index (χ2n) is 4.21. The molecule has 0 aliphatic heterocycles. The van der Waals surface area contributed by atoms with Crippen LogP contribution in [0, 0.1) is 0 Å². The summed E-state index contributed by atoms with van der Waals surface area (Å²) in [4.78, 5) is 5.09. The molecule has 0 amide bonds. The van der Waals surface area contributed by atoms with Crippen molar-refractivity contribution in [3.63, 3.8) is 0 Å². The zero-order valence-electron chi connectivity index (χ0n) is 10.2. The lowest BCUT2D eigenvalue weighted by Crippen LogP contribution is -2.30. The van der Waals surface area contributed by atoms with Crippen molar-refractivity contribution in [1.29, 1.82) is 0 Å². The van der Waals surface area contributed by atoms with Gasteiger partial charge in [-0.15, -0.1) is 22.7 Å². The highest BCUT2D eigenvalue weighted by atomic mass is 32.1. The van der Waals surface area contributed by atoms with Gasteiger partial charge in [0.1, 0.15) is 0 Å². The summed E-state index contributed by atoms with van der Waals surface area (Å²) in [6, 6.07) is 9.07. The topological polar surface area (TPSA) is 15.3 Å². The van der Waals surface area contributed by atoms with E-state index in [1.165, 1.54) is 9.75 Å². The van der Waals surface area contributed by atoms with Crippen LogP contribution in [0.25, 0.3) is 0 Å². The number of rotatable bonds is 6. The molecule has 1 atom stereocenters. The molecule has 0 saturated carbocycles. The molecule has 2 heterocycles. The van der Waals surface area contributed by atoms with E-state index in [2.05, 4.69) is 59.3 Å². The van der Waals surface area contributed by atoms with Crippen molar-refractivity contribution >= 4 is 22.7 Å². The number of nitrogens with one attached hydrogen (secondary N) is 1. The predicted molar refractivity (Wildman–Crippen MR) is 76.8 cm³/mol. The summed E-state index contributed by atoms with van der Waals surface area (Å²) in [5, 5.41) is 7.80. The van der Waals surface area contributed by atoms with Crippen LogP contribution < -0.4 is 5.32 Å². The average molecular weight is 266 g/mol. The third kappa shape index (κ3) is 3.64. The molecule has 2 rings (SSSR count). The molecular formula is C13H18N2S2. The lowest BCUT2D eigenvalue weighted by atomic mass is 10.2. The molecule has 0 bridgehead atoms. The summed E-state index contributed by atoms with van der Waals surface area (Å²) >= 11 is 3.64. The van der Waals surface area contributed by atoms with Crippen molar-refractivity contribution in [3.05, 3.63) is 44.8 Å². The summed E-state index contributed by atoms with van der Waals surface area (Å²) in [6.07, 6.45) is 0. The second-order valence-corrected chi connectivity index (χ2v) is 6.22. The van der Waals surface area contributed by atoms with Crippen LogP contribution in [0.5, 0.6) is 0 Å². The Morgan fingerprint density at radius 3 is 2.53 bits per heavy atom. The smallest absolute Gasteiger partial charge is 0.0561 e. The quantitative estimate of drug-likeness (QED) is 0.864. The number of thiophene rings is 2. The van der Waals surface area contributed by atoms with Crippen molar-refractivity contribution in [2.75, 3.05) is 20.6 Å².